The number of piperidine rings is 1. The third kappa shape index (κ3) is 6.35. The number of carbonyl (C=O) groups excluding carboxylic acids is 1. The molecule has 7 nitrogen and oxygen atoms in total. The molecule has 10 heteroatoms. The summed E-state index contributed by atoms with van der Waals surface area (Å²) in [5.74, 6) is -0.352. The van der Waals surface area contributed by atoms with Gasteiger partial charge in [0, 0.05) is 31.6 Å². The van der Waals surface area contributed by atoms with Crippen LogP contribution >= 0.6 is 0 Å². The molecule has 2 aromatic rings. The summed E-state index contributed by atoms with van der Waals surface area (Å²) in [7, 11) is 0. The highest BCUT2D eigenvalue weighted by Gasteiger charge is 2.47. The highest BCUT2D eigenvalue weighted by atomic mass is 19.4. The van der Waals surface area contributed by atoms with Gasteiger partial charge in [0.15, 0.2) is 6.04 Å². The molecule has 2 aliphatic heterocycles. The maximum atomic E-state index is 13.9. The fourth-order valence-electron chi connectivity index (χ4n) is 4.87. The second-order valence-corrected chi connectivity index (χ2v) is 10.2. The van der Waals surface area contributed by atoms with Crippen LogP contribution in [0.5, 0.6) is 0 Å². The van der Waals surface area contributed by atoms with E-state index in [-0.39, 0.29) is 17.8 Å². The first-order chi connectivity index (χ1) is 16.6. The largest absolute Gasteiger partial charge is 0.410 e. The molecular formula is C25H35F3N6O. The smallest absolute Gasteiger partial charge is 0.363 e. The highest BCUT2D eigenvalue weighted by molar-refractivity contribution is 5.99. The van der Waals surface area contributed by atoms with Crippen LogP contribution in [0.4, 0.5) is 19.0 Å². The van der Waals surface area contributed by atoms with Gasteiger partial charge in [0.05, 0.1) is 12.2 Å². The Balaban J connectivity index is 1.42. The van der Waals surface area contributed by atoms with Crippen molar-refractivity contribution in [3.63, 3.8) is 0 Å². The summed E-state index contributed by atoms with van der Waals surface area (Å²) in [4.78, 5) is 15.6. The van der Waals surface area contributed by atoms with Crippen molar-refractivity contribution < 1.29 is 18.0 Å². The van der Waals surface area contributed by atoms with Crippen LogP contribution < -0.4 is 16.0 Å². The van der Waals surface area contributed by atoms with Gasteiger partial charge < -0.3 is 20.9 Å². The van der Waals surface area contributed by atoms with E-state index in [0.717, 1.165) is 36.4 Å². The Hall–Kier alpha value is -2.59. The molecule has 3 heterocycles. The van der Waals surface area contributed by atoms with Gasteiger partial charge in [0.1, 0.15) is 11.4 Å². The monoisotopic (exact) mass is 492 g/mol. The lowest BCUT2D eigenvalue weighted by atomic mass is 9.96. The number of fused-ring (bicyclic) bond motifs is 1. The quantitative estimate of drug-likeness (QED) is 0.484. The zero-order valence-electron chi connectivity index (χ0n) is 20.4. The van der Waals surface area contributed by atoms with Gasteiger partial charge in [-0.25, -0.2) is 4.68 Å². The fourth-order valence-corrected chi connectivity index (χ4v) is 4.87. The van der Waals surface area contributed by atoms with Gasteiger partial charge >= 0.3 is 6.18 Å². The number of halogens is 3. The molecule has 0 aliphatic carbocycles. The lowest BCUT2D eigenvalue weighted by Crippen LogP contribution is -2.51. The molecule has 1 fully saturated rings. The van der Waals surface area contributed by atoms with Crippen molar-refractivity contribution in [2.45, 2.75) is 63.3 Å². The number of aromatic nitrogens is 2. The van der Waals surface area contributed by atoms with E-state index in [1.165, 1.54) is 25.5 Å². The molecule has 3 N–H and O–H groups in total. The topological polar surface area (TPSA) is 74.2 Å². The molecule has 1 aromatic carbocycles. The number of amides is 1. The Morgan fingerprint density at radius 2 is 1.86 bits per heavy atom. The first-order valence-electron chi connectivity index (χ1n) is 12.4. The van der Waals surface area contributed by atoms with Gasteiger partial charge in [-0.15, -0.1) is 0 Å². The van der Waals surface area contributed by atoms with E-state index in [4.69, 9.17) is 0 Å². The van der Waals surface area contributed by atoms with E-state index in [1.54, 1.807) is 24.3 Å². The highest BCUT2D eigenvalue weighted by Crippen LogP contribution is 2.44. The second-order valence-electron chi connectivity index (χ2n) is 10.2. The molecule has 35 heavy (non-hydrogen) atoms. The number of nitrogens with zero attached hydrogens (tertiary/aromatic N) is 3. The zero-order valence-corrected chi connectivity index (χ0v) is 20.4. The van der Waals surface area contributed by atoms with E-state index < -0.39 is 29.7 Å². The van der Waals surface area contributed by atoms with Crippen LogP contribution in [0.25, 0.3) is 0 Å². The zero-order chi connectivity index (χ0) is 25.1. The van der Waals surface area contributed by atoms with E-state index in [1.807, 2.05) is 19.9 Å². The molecule has 2 aliphatic rings. The van der Waals surface area contributed by atoms with Gasteiger partial charge in [-0.2, -0.15) is 18.3 Å². The fraction of sp³-hybridized carbons (Fsp3) is 0.600. The van der Waals surface area contributed by atoms with Crippen molar-refractivity contribution in [2.24, 2.45) is 0 Å². The number of rotatable bonds is 8. The normalized spacial score (nSPS) is 21.3. The van der Waals surface area contributed by atoms with Gasteiger partial charge in [-0.05, 0) is 45.3 Å². The maximum Gasteiger partial charge on any atom is 0.410 e. The number of likely N-dealkylation sites (tertiary alicyclic amines) is 1. The lowest BCUT2D eigenvalue weighted by Gasteiger charge is -2.34. The number of hydrogen-bond acceptors (Lipinski definition) is 5. The van der Waals surface area contributed by atoms with E-state index in [0.29, 0.717) is 6.54 Å². The van der Waals surface area contributed by atoms with Crippen molar-refractivity contribution in [1.29, 1.82) is 0 Å². The summed E-state index contributed by atoms with van der Waals surface area (Å²) in [5, 5.41) is 13.5. The van der Waals surface area contributed by atoms with Crippen LogP contribution in [0.3, 0.4) is 0 Å². The van der Waals surface area contributed by atoms with Crippen molar-refractivity contribution in [2.75, 3.05) is 38.0 Å². The van der Waals surface area contributed by atoms with Gasteiger partial charge in [-0.3, -0.25) is 4.79 Å². The number of nitrogens with one attached hydrogen (secondary N) is 3. The predicted octanol–water partition coefficient (Wildman–Crippen LogP) is 4.13. The molecule has 0 spiro atoms. The number of alkyl halides is 3. The molecule has 0 saturated carbocycles. The number of carbonyl (C=O) groups is 1. The van der Waals surface area contributed by atoms with Crippen LogP contribution in [-0.4, -0.2) is 65.0 Å². The Labute approximate surface area is 204 Å². The Morgan fingerprint density at radius 1 is 1.14 bits per heavy atom. The molecule has 2 unspecified atom stereocenters. The van der Waals surface area contributed by atoms with Gasteiger partial charge in [0.2, 0.25) is 0 Å². The third-order valence-corrected chi connectivity index (χ3v) is 6.76. The lowest BCUT2D eigenvalue weighted by molar-refractivity contribution is -0.173. The molecule has 2 atom stereocenters. The standard InChI is InChI=1S/C25H35F3N6O/c1-24(2,17-29-11-14-33-12-7-4-8-13-33)32-23(35)19-16-30-34-21(25(26,27)28)15-20(31-22(19)34)18-9-5-3-6-10-18/h3,5-6,9-10,16,20-21,29,31H,4,7-8,11-15,17H2,1-2H3,(H,32,35). The van der Waals surface area contributed by atoms with Crippen LogP contribution in [-0.2, 0) is 0 Å². The van der Waals surface area contributed by atoms with Gasteiger partial charge in [-0.1, -0.05) is 36.8 Å². The molecule has 0 radical (unpaired) electrons. The minimum absolute atomic E-state index is 0.0961. The number of hydrogen-bond donors (Lipinski definition) is 3. The predicted molar refractivity (Wildman–Crippen MR) is 129 cm³/mol. The molecule has 1 amide bonds. The SMILES string of the molecule is CC(C)(CNCCN1CCCCC1)NC(=O)c1cnn2c1NC(c1ccccc1)CC2C(F)(F)F. The first-order valence-corrected chi connectivity index (χ1v) is 12.4. The summed E-state index contributed by atoms with van der Waals surface area (Å²) < 4.78 is 42.6. The summed E-state index contributed by atoms with van der Waals surface area (Å²) in [6, 6.07) is 6.59. The van der Waals surface area contributed by atoms with Crippen molar-refractivity contribution in [1.82, 2.24) is 25.3 Å². The summed E-state index contributed by atoms with van der Waals surface area (Å²) >= 11 is 0. The molecule has 1 aromatic heterocycles. The maximum absolute atomic E-state index is 13.9. The Kier molecular flexibility index (Phi) is 7.70. The minimum Gasteiger partial charge on any atom is -0.363 e. The van der Waals surface area contributed by atoms with Crippen LogP contribution in [0.2, 0.25) is 0 Å². The molecule has 4 rings (SSSR count). The van der Waals surface area contributed by atoms with Crippen LogP contribution in [0, 0.1) is 0 Å². The molecule has 0 bridgehead atoms. The Morgan fingerprint density at radius 3 is 2.54 bits per heavy atom. The average molecular weight is 493 g/mol. The van der Waals surface area contributed by atoms with E-state index in [9.17, 15) is 18.0 Å². The minimum atomic E-state index is -4.48. The van der Waals surface area contributed by atoms with E-state index >= 15 is 0 Å². The Bertz CT molecular complexity index is 985. The average Bonchev–Trinajstić information content (AvgIpc) is 3.26. The van der Waals surface area contributed by atoms with Crippen LogP contribution in [0.15, 0.2) is 36.5 Å². The van der Waals surface area contributed by atoms with Crippen molar-refractivity contribution >= 4 is 11.7 Å². The first kappa shape index (κ1) is 25.5. The van der Waals surface area contributed by atoms with Crippen LogP contribution in [0.1, 0.15) is 67.5 Å². The number of benzene rings is 1. The molecular weight excluding hydrogens is 457 g/mol. The second kappa shape index (κ2) is 10.6. The molecule has 1 saturated heterocycles. The van der Waals surface area contributed by atoms with Crippen molar-refractivity contribution in [3.05, 3.63) is 47.7 Å². The van der Waals surface area contributed by atoms with Crippen molar-refractivity contribution in [3.8, 4) is 0 Å². The van der Waals surface area contributed by atoms with Gasteiger partial charge in [0.25, 0.3) is 5.91 Å². The molecule has 192 valence electrons. The summed E-state index contributed by atoms with van der Waals surface area (Å²) in [6.45, 7) is 8.37. The number of anilines is 1. The van der Waals surface area contributed by atoms with E-state index in [2.05, 4.69) is 25.9 Å². The third-order valence-electron chi connectivity index (χ3n) is 6.76. The summed E-state index contributed by atoms with van der Waals surface area (Å²) in [5.41, 5.74) is 0.255. The summed E-state index contributed by atoms with van der Waals surface area (Å²) in [6.07, 6.45) is 0.324.